The van der Waals surface area contributed by atoms with Crippen LogP contribution in [0.15, 0.2) is 12.3 Å². The van der Waals surface area contributed by atoms with Crippen LogP contribution in [0.2, 0.25) is 0 Å². The predicted octanol–water partition coefficient (Wildman–Crippen LogP) is 2.10. The van der Waals surface area contributed by atoms with E-state index in [4.69, 9.17) is 0 Å². The van der Waals surface area contributed by atoms with Gasteiger partial charge in [0.25, 0.3) is 0 Å². The zero-order valence-corrected chi connectivity index (χ0v) is 13.1. The fourth-order valence-electron chi connectivity index (χ4n) is 2.68. The molecule has 1 fully saturated rings. The van der Waals surface area contributed by atoms with Gasteiger partial charge in [-0.2, -0.15) is 0 Å². The van der Waals surface area contributed by atoms with Gasteiger partial charge in [-0.15, -0.1) is 0 Å². The smallest absolute Gasteiger partial charge is 0.131 e. The Morgan fingerprint density at radius 1 is 1.50 bits per heavy atom. The van der Waals surface area contributed by atoms with Crippen molar-refractivity contribution in [1.82, 2.24) is 10.3 Å². The fraction of sp³-hybridized carbons (Fsp3) is 0.688. The first-order chi connectivity index (χ1) is 9.37. The molecule has 0 bridgehead atoms. The summed E-state index contributed by atoms with van der Waals surface area (Å²) in [5, 5.41) is 13.5. The number of pyridine rings is 1. The van der Waals surface area contributed by atoms with Crippen LogP contribution in [-0.2, 0) is 6.54 Å². The van der Waals surface area contributed by atoms with Crippen molar-refractivity contribution in [2.75, 3.05) is 24.5 Å². The molecular weight excluding hydrogens is 250 g/mol. The summed E-state index contributed by atoms with van der Waals surface area (Å²) in [4.78, 5) is 6.78. The Balaban J connectivity index is 1.99. The molecule has 0 radical (unpaired) electrons. The van der Waals surface area contributed by atoms with E-state index in [0.717, 1.165) is 31.9 Å². The Morgan fingerprint density at radius 2 is 2.25 bits per heavy atom. The second-order valence-electron chi connectivity index (χ2n) is 6.68. The number of nitrogens with one attached hydrogen (secondary N) is 1. The van der Waals surface area contributed by atoms with Crippen LogP contribution in [0, 0.1) is 12.8 Å². The quantitative estimate of drug-likeness (QED) is 0.865. The van der Waals surface area contributed by atoms with Crippen molar-refractivity contribution in [3.05, 3.63) is 23.4 Å². The van der Waals surface area contributed by atoms with Gasteiger partial charge in [0.1, 0.15) is 5.82 Å². The average molecular weight is 277 g/mol. The maximum absolute atomic E-state index is 10.1. The highest BCUT2D eigenvalue weighted by Crippen LogP contribution is 2.27. The number of aliphatic hydroxyl groups is 1. The van der Waals surface area contributed by atoms with Crippen LogP contribution in [-0.4, -0.2) is 35.3 Å². The van der Waals surface area contributed by atoms with E-state index in [1.807, 2.05) is 13.1 Å². The van der Waals surface area contributed by atoms with E-state index in [1.165, 1.54) is 11.1 Å². The highest BCUT2D eigenvalue weighted by Gasteiger charge is 2.32. The van der Waals surface area contributed by atoms with E-state index >= 15 is 0 Å². The highest BCUT2D eigenvalue weighted by molar-refractivity contribution is 5.48. The van der Waals surface area contributed by atoms with Gasteiger partial charge in [-0.1, -0.05) is 13.8 Å². The minimum absolute atomic E-state index is 0.578. The lowest BCUT2D eigenvalue weighted by Crippen LogP contribution is -2.30. The third kappa shape index (κ3) is 3.93. The Hall–Kier alpha value is -1.13. The van der Waals surface area contributed by atoms with Gasteiger partial charge in [-0.3, -0.25) is 0 Å². The topological polar surface area (TPSA) is 48.4 Å². The second kappa shape index (κ2) is 6.10. The molecule has 2 N–H and O–H groups in total. The molecular formula is C16H27N3O. The number of nitrogens with zero attached hydrogens (tertiary/aromatic N) is 2. The molecule has 4 heteroatoms. The average Bonchev–Trinajstić information content (AvgIpc) is 2.69. The molecule has 112 valence electrons. The molecule has 20 heavy (non-hydrogen) atoms. The van der Waals surface area contributed by atoms with Gasteiger partial charge in [0.2, 0.25) is 0 Å². The van der Waals surface area contributed by atoms with E-state index in [1.54, 1.807) is 0 Å². The predicted molar refractivity (Wildman–Crippen MR) is 83.0 cm³/mol. The van der Waals surface area contributed by atoms with Crippen LogP contribution < -0.4 is 10.2 Å². The number of anilines is 1. The lowest BCUT2D eigenvalue weighted by atomic mass is 10.1. The second-order valence-corrected chi connectivity index (χ2v) is 6.68. The van der Waals surface area contributed by atoms with E-state index in [9.17, 15) is 5.11 Å². The number of β-amino-alcohol motifs (C(OH)–C–C–N with tert-alkyl or cyclic N) is 1. The standard InChI is InChI=1S/C16H27N3O/c1-12(2)8-17-9-14-7-13(3)15(18-10-14)19-6-5-16(4,20)11-19/h7,10,12,17,20H,5-6,8-9,11H2,1-4H3. The first kappa shape index (κ1) is 15.3. The summed E-state index contributed by atoms with van der Waals surface area (Å²) in [6.07, 6.45) is 2.76. The maximum atomic E-state index is 10.1. The Bertz CT molecular complexity index is 457. The van der Waals surface area contributed by atoms with Crippen molar-refractivity contribution in [3.63, 3.8) is 0 Å². The molecule has 1 saturated heterocycles. The lowest BCUT2D eigenvalue weighted by Gasteiger charge is -2.22. The summed E-state index contributed by atoms with van der Waals surface area (Å²) in [5.41, 5.74) is 1.83. The molecule has 1 aromatic heterocycles. The van der Waals surface area contributed by atoms with Crippen molar-refractivity contribution in [2.24, 2.45) is 5.92 Å². The van der Waals surface area contributed by atoms with Crippen LogP contribution in [0.3, 0.4) is 0 Å². The van der Waals surface area contributed by atoms with Gasteiger partial charge in [0.15, 0.2) is 0 Å². The summed E-state index contributed by atoms with van der Waals surface area (Å²) in [6.45, 7) is 11.9. The van der Waals surface area contributed by atoms with Crippen molar-refractivity contribution in [2.45, 2.75) is 46.3 Å². The van der Waals surface area contributed by atoms with Gasteiger partial charge < -0.3 is 15.3 Å². The monoisotopic (exact) mass is 277 g/mol. The number of aryl methyl sites for hydroxylation is 1. The molecule has 0 saturated carbocycles. The third-order valence-corrected chi connectivity index (χ3v) is 3.74. The molecule has 2 rings (SSSR count). The summed E-state index contributed by atoms with van der Waals surface area (Å²) < 4.78 is 0. The highest BCUT2D eigenvalue weighted by atomic mass is 16.3. The third-order valence-electron chi connectivity index (χ3n) is 3.74. The van der Waals surface area contributed by atoms with Crippen LogP contribution in [0.5, 0.6) is 0 Å². The molecule has 1 aliphatic rings. The lowest BCUT2D eigenvalue weighted by molar-refractivity contribution is 0.0839. The number of aromatic nitrogens is 1. The van der Waals surface area contributed by atoms with Crippen LogP contribution in [0.25, 0.3) is 0 Å². The Kier molecular flexibility index (Phi) is 4.66. The molecule has 1 aromatic rings. The summed E-state index contributed by atoms with van der Waals surface area (Å²) in [5.74, 6) is 1.67. The van der Waals surface area contributed by atoms with Gasteiger partial charge in [0.05, 0.1) is 5.60 Å². The molecule has 1 aliphatic heterocycles. The summed E-state index contributed by atoms with van der Waals surface area (Å²) in [6, 6.07) is 2.20. The molecule has 0 aliphatic carbocycles. The Labute approximate surface area is 122 Å². The first-order valence-electron chi connectivity index (χ1n) is 7.51. The zero-order chi connectivity index (χ0) is 14.8. The normalized spacial score (nSPS) is 22.8. The minimum atomic E-state index is -0.578. The van der Waals surface area contributed by atoms with Gasteiger partial charge in [-0.25, -0.2) is 4.98 Å². The van der Waals surface area contributed by atoms with Gasteiger partial charge >= 0.3 is 0 Å². The largest absolute Gasteiger partial charge is 0.388 e. The fourth-order valence-corrected chi connectivity index (χ4v) is 2.68. The Morgan fingerprint density at radius 3 is 2.80 bits per heavy atom. The first-order valence-corrected chi connectivity index (χ1v) is 7.51. The van der Waals surface area contributed by atoms with Crippen molar-refractivity contribution in [3.8, 4) is 0 Å². The molecule has 1 atom stereocenters. The minimum Gasteiger partial charge on any atom is -0.388 e. The molecule has 1 unspecified atom stereocenters. The van der Waals surface area contributed by atoms with Crippen molar-refractivity contribution in [1.29, 1.82) is 0 Å². The van der Waals surface area contributed by atoms with Crippen LogP contribution in [0.4, 0.5) is 5.82 Å². The van der Waals surface area contributed by atoms with Gasteiger partial charge in [0, 0.05) is 25.8 Å². The number of rotatable bonds is 5. The maximum Gasteiger partial charge on any atom is 0.131 e. The van der Waals surface area contributed by atoms with Gasteiger partial charge in [-0.05, 0) is 49.9 Å². The van der Waals surface area contributed by atoms with E-state index in [-0.39, 0.29) is 0 Å². The molecule has 0 aromatic carbocycles. The van der Waals surface area contributed by atoms with Crippen LogP contribution >= 0.6 is 0 Å². The number of hydrogen-bond acceptors (Lipinski definition) is 4. The SMILES string of the molecule is Cc1cc(CNCC(C)C)cnc1N1CCC(C)(O)C1. The molecule has 0 amide bonds. The molecule has 0 spiro atoms. The number of hydrogen-bond donors (Lipinski definition) is 2. The summed E-state index contributed by atoms with van der Waals surface area (Å²) in [7, 11) is 0. The van der Waals surface area contributed by atoms with E-state index in [0.29, 0.717) is 12.5 Å². The van der Waals surface area contributed by atoms with E-state index < -0.39 is 5.60 Å². The van der Waals surface area contributed by atoms with E-state index in [2.05, 4.69) is 42.0 Å². The van der Waals surface area contributed by atoms with Crippen LogP contribution in [0.1, 0.15) is 38.3 Å². The zero-order valence-electron chi connectivity index (χ0n) is 13.1. The molecule has 2 heterocycles. The summed E-state index contributed by atoms with van der Waals surface area (Å²) >= 11 is 0. The van der Waals surface area contributed by atoms with Crippen molar-refractivity contribution >= 4 is 5.82 Å². The van der Waals surface area contributed by atoms with Crippen molar-refractivity contribution < 1.29 is 5.11 Å². The molecule has 4 nitrogen and oxygen atoms in total.